The van der Waals surface area contributed by atoms with Gasteiger partial charge in [-0.1, -0.05) is 30.7 Å². The number of aromatic nitrogens is 3. The fourth-order valence-corrected chi connectivity index (χ4v) is 3.26. The van der Waals surface area contributed by atoms with Crippen LogP contribution in [-0.2, 0) is 24.7 Å². The number of aryl methyl sites for hydroxylation is 3. The van der Waals surface area contributed by atoms with Gasteiger partial charge in [0.2, 0.25) is 5.91 Å². The van der Waals surface area contributed by atoms with E-state index in [9.17, 15) is 4.79 Å². The maximum atomic E-state index is 11.6. The summed E-state index contributed by atoms with van der Waals surface area (Å²) in [6, 6.07) is 8.01. The second-order valence-electron chi connectivity index (χ2n) is 6.12. The lowest BCUT2D eigenvalue weighted by Crippen LogP contribution is -2.19. The Labute approximate surface area is 152 Å². The Morgan fingerprint density at radius 2 is 2.08 bits per heavy atom. The van der Waals surface area contributed by atoms with Crippen LogP contribution in [0.2, 0.25) is 5.15 Å². The maximum Gasteiger partial charge on any atom is 0.224 e. The molecule has 0 spiro atoms. The standard InChI is InChI=1S/C19H21ClN4O/c1-5-14-18(19(20)24(4)23-14)16-8-11(2)13-7-6-12(9-15(13)22-16)10-17(25)21-3/h6-9H,5,10H2,1-4H3,(H,21,25). The molecule has 0 bridgehead atoms. The summed E-state index contributed by atoms with van der Waals surface area (Å²) in [5.74, 6) is -0.0178. The van der Waals surface area contributed by atoms with E-state index in [0.717, 1.165) is 45.4 Å². The van der Waals surface area contributed by atoms with Crippen LogP contribution in [0.15, 0.2) is 24.3 Å². The topological polar surface area (TPSA) is 59.8 Å². The van der Waals surface area contributed by atoms with Gasteiger partial charge in [0.25, 0.3) is 0 Å². The van der Waals surface area contributed by atoms with Crippen molar-refractivity contribution in [2.24, 2.45) is 7.05 Å². The van der Waals surface area contributed by atoms with Crippen LogP contribution in [0.25, 0.3) is 22.2 Å². The molecule has 5 nitrogen and oxygen atoms in total. The van der Waals surface area contributed by atoms with Crippen LogP contribution in [-0.4, -0.2) is 27.7 Å². The predicted octanol–water partition coefficient (Wildman–Crippen LogP) is 3.45. The van der Waals surface area contributed by atoms with E-state index in [0.29, 0.717) is 11.6 Å². The first-order valence-electron chi connectivity index (χ1n) is 8.27. The Morgan fingerprint density at radius 3 is 2.76 bits per heavy atom. The van der Waals surface area contributed by atoms with E-state index in [2.05, 4.69) is 24.3 Å². The van der Waals surface area contributed by atoms with E-state index in [1.807, 2.05) is 31.3 Å². The van der Waals surface area contributed by atoms with Crippen LogP contribution in [0.4, 0.5) is 0 Å². The monoisotopic (exact) mass is 356 g/mol. The van der Waals surface area contributed by atoms with Gasteiger partial charge in [-0.05, 0) is 36.6 Å². The van der Waals surface area contributed by atoms with Crippen LogP contribution in [0, 0.1) is 6.92 Å². The average Bonchev–Trinajstić information content (AvgIpc) is 2.88. The first kappa shape index (κ1) is 17.4. The van der Waals surface area contributed by atoms with Gasteiger partial charge in [-0.2, -0.15) is 5.10 Å². The zero-order valence-corrected chi connectivity index (χ0v) is 15.6. The molecule has 0 aliphatic rings. The third kappa shape index (κ3) is 3.24. The Kier molecular flexibility index (Phi) is 4.77. The number of pyridine rings is 1. The summed E-state index contributed by atoms with van der Waals surface area (Å²) in [6.07, 6.45) is 1.12. The summed E-state index contributed by atoms with van der Waals surface area (Å²) < 4.78 is 1.68. The first-order chi connectivity index (χ1) is 11.9. The van der Waals surface area contributed by atoms with E-state index >= 15 is 0 Å². The molecule has 2 aromatic heterocycles. The molecule has 130 valence electrons. The van der Waals surface area contributed by atoms with Gasteiger partial charge in [0.1, 0.15) is 5.15 Å². The lowest BCUT2D eigenvalue weighted by molar-refractivity contribution is -0.119. The Balaban J connectivity index is 2.16. The van der Waals surface area contributed by atoms with Crippen LogP contribution in [0.1, 0.15) is 23.7 Å². The highest BCUT2D eigenvalue weighted by atomic mass is 35.5. The molecule has 0 saturated carbocycles. The molecule has 0 saturated heterocycles. The van der Waals surface area contributed by atoms with Gasteiger partial charge in [0, 0.05) is 19.5 Å². The molecule has 3 aromatic rings. The summed E-state index contributed by atoms with van der Waals surface area (Å²) in [7, 11) is 3.47. The smallest absolute Gasteiger partial charge is 0.224 e. The molecule has 1 amide bonds. The van der Waals surface area contributed by atoms with Gasteiger partial charge in [0.15, 0.2) is 0 Å². The number of hydrogen-bond donors (Lipinski definition) is 1. The predicted molar refractivity (Wildman–Crippen MR) is 101 cm³/mol. The van der Waals surface area contributed by atoms with Crippen LogP contribution >= 0.6 is 11.6 Å². The molecule has 0 aliphatic heterocycles. The number of carbonyl (C=O) groups excluding carboxylic acids is 1. The lowest BCUT2D eigenvalue weighted by atomic mass is 10.0. The minimum absolute atomic E-state index is 0.0178. The fourth-order valence-electron chi connectivity index (χ4n) is 3.02. The quantitative estimate of drug-likeness (QED) is 0.778. The average molecular weight is 357 g/mol. The Morgan fingerprint density at radius 1 is 1.32 bits per heavy atom. The number of nitrogens with zero attached hydrogens (tertiary/aromatic N) is 3. The zero-order valence-electron chi connectivity index (χ0n) is 14.9. The summed E-state index contributed by atoms with van der Waals surface area (Å²) in [5.41, 5.74) is 5.54. The highest BCUT2D eigenvalue weighted by molar-refractivity contribution is 6.32. The summed E-state index contributed by atoms with van der Waals surface area (Å²) in [5, 5.41) is 8.78. The highest BCUT2D eigenvalue weighted by Crippen LogP contribution is 2.32. The number of halogens is 1. The second-order valence-corrected chi connectivity index (χ2v) is 6.47. The number of carbonyl (C=O) groups is 1. The molecule has 0 fully saturated rings. The van der Waals surface area contributed by atoms with E-state index in [4.69, 9.17) is 16.6 Å². The van der Waals surface area contributed by atoms with Crippen molar-refractivity contribution in [3.63, 3.8) is 0 Å². The molecule has 1 aromatic carbocycles. The number of nitrogens with one attached hydrogen (secondary N) is 1. The van der Waals surface area contributed by atoms with Crippen molar-refractivity contribution in [3.8, 4) is 11.3 Å². The molecule has 3 rings (SSSR count). The van der Waals surface area contributed by atoms with E-state index in [1.54, 1.807) is 11.7 Å². The van der Waals surface area contributed by atoms with E-state index in [-0.39, 0.29) is 5.91 Å². The van der Waals surface area contributed by atoms with Crippen molar-refractivity contribution in [1.29, 1.82) is 0 Å². The highest BCUT2D eigenvalue weighted by Gasteiger charge is 2.17. The lowest BCUT2D eigenvalue weighted by Gasteiger charge is -2.09. The molecule has 0 radical (unpaired) electrons. The number of rotatable bonds is 4. The van der Waals surface area contributed by atoms with Crippen molar-refractivity contribution in [1.82, 2.24) is 20.1 Å². The van der Waals surface area contributed by atoms with Gasteiger partial charge in [-0.25, -0.2) is 4.98 Å². The van der Waals surface area contributed by atoms with Crippen LogP contribution in [0.3, 0.4) is 0 Å². The largest absolute Gasteiger partial charge is 0.359 e. The van der Waals surface area contributed by atoms with Crippen molar-refractivity contribution in [2.75, 3.05) is 7.05 Å². The van der Waals surface area contributed by atoms with Crippen molar-refractivity contribution >= 4 is 28.4 Å². The molecule has 0 atom stereocenters. The van der Waals surface area contributed by atoms with Crippen LogP contribution < -0.4 is 5.32 Å². The normalized spacial score (nSPS) is 11.1. The van der Waals surface area contributed by atoms with Gasteiger partial charge >= 0.3 is 0 Å². The number of benzene rings is 1. The third-order valence-corrected chi connectivity index (χ3v) is 4.80. The number of fused-ring (bicyclic) bond motifs is 1. The van der Waals surface area contributed by atoms with Crippen molar-refractivity contribution in [3.05, 3.63) is 46.2 Å². The minimum Gasteiger partial charge on any atom is -0.359 e. The molecular formula is C19H21ClN4O. The van der Waals surface area contributed by atoms with Crippen LogP contribution in [0.5, 0.6) is 0 Å². The molecule has 0 aliphatic carbocycles. The first-order valence-corrected chi connectivity index (χ1v) is 8.65. The third-order valence-electron chi connectivity index (χ3n) is 4.37. The number of hydrogen-bond acceptors (Lipinski definition) is 3. The molecular weight excluding hydrogens is 336 g/mol. The number of likely N-dealkylation sites (N-methyl/N-ethyl adjacent to an activating group) is 1. The maximum absolute atomic E-state index is 11.6. The van der Waals surface area contributed by atoms with E-state index < -0.39 is 0 Å². The van der Waals surface area contributed by atoms with Gasteiger partial charge < -0.3 is 5.32 Å². The van der Waals surface area contributed by atoms with Crippen molar-refractivity contribution in [2.45, 2.75) is 26.7 Å². The molecule has 6 heteroatoms. The molecule has 1 N–H and O–H groups in total. The van der Waals surface area contributed by atoms with Crippen molar-refractivity contribution < 1.29 is 4.79 Å². The SMILES string of the molecule is CCc1nn(C)c(Cl)c1-c1cc(C)c2ccc(CC(=O)NC)cc2n1. The van der Waals surface area contributed by atoms with Gasteiger partial charge in [-0.15, -0.1) is 0 Å². The van der Waals surface area contributed by atoms with Gasteiger partial charge in [0.05, 0.1) is 28.9 Å². The summed E-state index contributed by atoms with van der Waals surface area (Å²) in [4.78, 5) is 16.5. The zero-order chi connectivity index (χ0) is 18.1. The number of amides is 1. The van der Waals surface area contributed by atoms with E-state index in [1.165, 1.54) is 0 Å². The minimum atomic E-state index is -0.0178. The second kappa shape index (κ2) is 6.84. The molecule has 2 heterocycles. The fraction of sp³-hybridized carbons (Fsp3) is 0.316. The Bertz CT molecular complexity index is 962. The summed E-state index contributed by atoms with van der Waals surface area (Å²) >= 11 is 6.46. The molecule has 0 unspecified atom stereocenters. The molecule has 25 heavy (non-hydrogen) atoms. The van der Waals surface area contributed by atoms with Gasteiger partial charge in [-0.3, -0.25) is 9.48 Å². The Hall–Kier alpha value is -2.40. The summed E-state index contributed by atoms with van der Waals surface area (Å²) in [6.45, 7) is 4.11.